The number of hydrogen-bond donors (Lipinski definition) is 0. The van der Waals surface area contributed by atoms with Gasteiger partial charge in [-0.05, 0) is 41.8 Å². The summed E-state index contributed by atoms with van der Waals surface area (Å²) in [6, 6.07) is 0.130. The first-order valence-electron chi connectivity index (χ1n) is 6.88. The minimum Gasteiger partial charge on any atom is -0.337 e. The molecule has 0 spiro atoms. The highest BCUT2D eigenvalue weighted by molar-refractivity contribution is 9.10. The quantitative estimate of drug-likeness (QED) is 0.780. The molecule has 3 rings (SSSR count). The molecule has 1 amide bonds. The first kappa shape index (κ1) is 14.2. The van der Waals surface area contributed by atoms with Crippen molar-refractivity contribution >= 4 is 32.9 Å². The molecule has 0 saturated carbocycles. The second-order valence-corrected chi connectivity index (χ2v) is 5.93. The van der Waals surface area contributed by atoms with E-state index in [0.29, 0.717) is 6.54 Å². The van der Waals surface area contributed by atoms with Gasteiger partial charge in [-0.1, -0.05) is 6.58 Å². The van der Waals surface area contributed by atoms with Crippen LogP contribution >= 0.6 is 15.9 Å². The maximum Gasteiger partial charge on any atom is 0.246 e. The molecule has 6 nitrogen and oxygen atoms in total. The van der Waals surface area contributed by atoms with Gasteiger partial charge in [-0.25, -0.2) is 14.6 Å². The summed E-state index contributed by atoms with van der Waals surface area (Å²) in [4.78, 5) is 22.2. The van der Waals surface area contributed by atoms with Crippen molar-refractivity contribution in [3.8, 4) is 0 Å². The lowest BCUT2D eigenvalue weighted by molar-refractivity contribution is -0.127. The van der Waals surface area contributed by atoms with Gasteiger partial charge in [0.15, 0.2) is 5.65 Å². The van der Waals surface area contributed by atoms with E-state index in [1.54, 1.807) is 6.33 Å². The molecule has 7 heteroatoms. The first-order chi connectivity index (χ1) is 10.1. The number of carbonyl (C=O) groups excluding carboxylic acids is 1. The van der Waals surface area contributed by atoms with Crippen molar-refractivity contribution in [2.75, 3.05) is 13.1 Å². The first-order valence-corrected chi connectivity index (χ1v) is 7.67. The monoisotopic (exact) mass is 349 g/mol. The molecule has 3 heterocycles. The molecule has 1 aliphatic heterocycles. The summed E-state index contributed by atoms with van der Waals surface area (Å²) in [6.07, 6.45) is 4.85. The topological polar surface area (TPSA) is 63.9 Å². The van der Waals surface area contributed by atoms with Gasteiger partial charge in [-0.3, -0.25) is 4.79 Å². The number of aryl methyl sites for hydroxylation is 1. The van der Waals surface area contributed by atoms with Crippen molar-refractivity contribution in [3.05, 3.63) is 29.3 Å². The van der Waals surface area contributed by atoms with Crippen molar-refractivity contribution in [2.24, 2.45) is 0 Å². The summed E-state index contributed by atoms with van der Waals surface area (Å²) in [6.45, 7) is 6.91. The van der Waals surface area contributed by atoms with E-state index in [-0.39, 0.29) is 11.9 Å². The Balaban J connectivity index is 1.99. The number of likely N-dealkylation sites (tertiary alicyclic amines) is 1. The molecule has 2 aromatic heterocycles. The maximum atomic E-state index is 11.8. The molecule has 1 aliphatic rings. The van der Waals surface area contributed by atoms with Crippen LogP contribution in [0.4, 0.5) is 0 Å². The van der Waals surface area contributed by atoms with Gasteiger partial charge in [0.2, 0.25) is 5.91 Å². The fourth-order valence-electron chi connectivity index (χ4n) is 2.81. The molecule has 0 N–H and O–H groups in total. The average molecular weight is 350 g/mol. The predicted octanol–water partition coefficient (Wildman–Crippen LogP) is 2.25. The molecule has 1 atom stereocenters. The van der Waals surface area contributed by atoms with Crippen molar-refractivity contribution in [1.82, 2.24) is 24.6 Å². The average Bonchev–Trinajstić information content (AvgIpc) is 2.85. The van der Waals surface area contributed by atoms with Crippen LogP contribution in [0.3, 0.4) is 0 Å². The third-order valence-corrected chi connectivity index (χ3v) is 4.42. The number of hydrogen-bond acceptors (Lipinski definition) is 4. The Hall–Kier alpha value is -1.76. The zero-order chi connectivity index (χ0) is 15.0. The van der Waals surface area contributed by atoms with E-state index < -0.39 is 0 Å². The van der Waals surface area contributed by atoms with Crippen molar-refractivity contribution in [3.63, 3.8) is 0 Å². The minimum atomic E-state index is -0.0268. The summed E-state index contributed by atoms with van der Waals surface area (Å²) >= 11 is 3.48. The molecule has 21 heavy (non-hydrogen) atoms. The van der Waals surface area contributed by atoms with Crippen LogP contribution in [0.25, 0.3) is 11.0 Å². The largest absolute Gasteiger partial charge is 0.337 e. The van der Waals surface area contributed by atoms with E-state index in [9.17, 15) is 4.79 Å². The number of piperidine rings is 1. The van der Waals surface area contributed by atoms with Crippen LogP contribution < -0.4 is 0 Å². The van der Waals surface area contributed by atoms with E-state index in [2.05, 4.69) is 37.6 Å². The second kappa shape index (κ2) is 5.55. The number of aromatic nitrogens is 4. The van der Waals surface area contributed by atoms with E-state index in [0.717, 1.165) is 40.7 Å². The molecular weight excluding hydrogens is 334 g/mol. The van der Waals surface area contributed by atoms with Gasteiger partial charge in [-0.2, -0.15) is 5.10 Å². The van der Waals surface area contributed by atoms with Crippen LogP contribution in [0.15, 0.2) is 23.6 Å². The van der Waals surface area contributed by atoms with Crippen LogP contribution in [-0.4, -0.2) is 43.6 Å². The van der Waals surface area contributed by atoms with Crippen molar-refractivity contribution in [1.29, 1.82) is 0 Å². The highest BCUT2D eigenvalue weighted by Crippen LogP contribution is 2.29. The molecular formula is C14H16BrN5O. The van der Waals surface area contributed by atoms with Crippen LogP contribution in [0.5, 0.6) is 0 Å². The number of nitrogens with zero attached hydrogens (tertiary/aromatic N) is 5. The molecule has 1 fully saturated rings. The summed E-state index contributed by atoms with van der Waals surface area (Å²) in [7, 11) is 0. The zero-order valence-corrected chi connectivity index (χ0v) is 13.4. The smallest absolute Gasteiger partial charge is 0.246 e. The van der Waals surface area contributed by atoms with Crippen molar-refractivity contribution < 1.29 is 4.79 Å². The molecule has 1 saturated heterocycles. The summed E-state index contributed by atoms with van der Waals surface area (Å²) in [5.41, 5.74) is 1.71. The predicted molar refractivity (Wildman–Crippen MR) is 82.8 cm³/mol. The maximum absolute atomic E-state index is 11.8. The standard InChI is InChI=1S/C14H16BrN5O/c1-3-11(21)19-6-4-5-10(7-19)20-14-12(13(15)18-20)9(2)16-8-17-14/h3,8,10H,1,4-7H2,2H3/t10-/m1/s1. The fourth-order valence-corrected chi connectivity index (χ4v) is 3.44. The lowest BCUT2D eigenvalue weighted by atomic mass is 10.1. The Morgan fingerprint density at radius 1 is 1.52 bits per heavy atom. The van der Waals surface area contributed by atoms with Gasteiger partial charge in [0.05, 0.1) is 17.1 Å². The van der Waals surface area contributed by atoms with Gasteiger partial charge in [0.25, 0.3) is 0 Å². The van der Waals surface area contributed by atoms with Gasteiger partial charge in [-0.15, -0.1) is 0 Å². The number of rotatable bonds is 2. The number of amides is 1. The van der Waals surface area contributed by atoms with E-state index in [1.165, 1.54) is 6.08 Å². The molecule has 0 aliphatic carbocycles. The Morgan fingerprint density at radius 2 is 2.33 bits per heavy atom. The van der Waals surface area contributed by atoms with E-state index in [4.69, 9.17) is 0 Å². The summed E-state index contributed by atoms with van der Waals surface area (Å²) in [5, 5.41) is 5.50. The minimum absolute atomic E-state index is 0.0268. The SMILES string of the molecule is C=CC(=O)N1CCC[C@@H](n2nc(Br)c3c(C)ncnc32)C1. The van der Waals surface area contributed by atoms with Gasteiger partial charge in [0, 0.05) is 13.1 Å². The van der Waals surface area contributed by atoms with E-state index >= 15 is 0 Å². The second-order valence-electron chi connectivity index (χ2n) is 5.18. The molecule has 2 aromatic rings. The van der Waals surface area contributed by atoms with Gasteiger partial charge in [0.1, 0.15) is 10.9 Å². The molecule has 110 valence electrons. The zero-order valence-electron chi connectivity index (χ0n) is 11.8. The lowest BCUT2D eigenvalue weighted by Gasteiger charge is -2.32. The van der Waals surface area contributed by atoms with Crippen LogP contribution in [-0.2, 0) is 4.79 Å². The Morgan fingerprint density at radius 3 is 3.10 bits per heavy atom. The highest BCUT2D eigenvalue weighted by Gasteiger charge is 2.26. The van der Waals surface area contributed by atoms with Gasteiger partial charge < -0.3 is 4.90 Å². The van der Waals surface area contributed by atoms with Crippen LogP contribution in [0.2, 0.25) is 0 Å². The Labute approximate surface area is 131 Å². The summed E-state index contributed by atoms with van der Waals surface area (Å²) < 4.78 is 2.67. The highest BCUT2D eigenvalue weighted by atomic mass is 79.9. The van der Waals surface area contributed by atoms with E-state index in [1.807, 2.05) is 16.5 Å². The van der Waals surface area contributed by atoms with Gasteiger partial charge >= 0.3 is 0 Å². The molecule has 0 aromatic carbocycles. The number of halogens is 1. The normalized spacial score (nSPS) is 19.0. The Bertz CT molecular complexity index is 711. The number of fused-ring (bicyclic) bond motifs is 1. The summed E-state index contributed by atoms with van der Waals surface area (Å²) in [5.74, 6) is -0.0268. The third-order valence-electron chi connectivity index (χ3n) is 3.86. The molecule has 0 radical (unpaired) electrons. The lowest BCUT2D eigenvalue weighted by Crippen LogP contribution is -2.40. The molecule has 0 bridgehead atoms. The van der Waals surface area contributed by atoms with Crippen LogP contribution in [0, 0.1) is 6.92 Å². The third kappa shape index (κ3) is 2.46. The van der Waals surface area contributed by atoms with Crippen LogP contribution in [0.1, 0.15) is 24.6 Å². The Kier molecular flexibility index (Phi) is 3.75. The van der Waals surface area contributed by atoms with Crippen molar-refractivity contribution in [2.45, 2.75) is 25.8 Å². The molecule has 0 unspecified atom stereocenters. The number of carbonyl (C=O) groups is 1. The fraction of sp³-hybridized carbons (Fsp3) is 0.429.